The third-order valence-electron chi connectivity index (χ3n) is 2.65. The van der Waals surface area contributed by atoms with Crippen LogP contribution in [0.15, 0.2) is 17.6 Å². The van der Waals surface area contributed by atoms with Crippen LogP contribution in [0.1, 0.15) is 21.1 Å². The zero-order chi connectivity index (χ0) is 14.5. The number of hydrogen-bond acceptors (Lipinski definition) is 7. The number of carbonyl (C=O) groups excluding carboxylic acids is 1. The molecule has 0 radical (unpaired) electrons. The Balaban J connectivity index is 2.03. The van der Waals surface area contributed by atoms with Gasteiger partial charge in [0, 0.05) is 18.3 Å². The standard InChI is InChI=1S/C13H16N4O2S/c1-8-17-10(7-20-8)3-4-15-12-11(13(18)19-2)5-9(14)6-16-12/h5-7H,3-4,14H2,1-2H3,(H,15,16). The number of nitrogen functional groups attached to an aromatic ring is 1. The van der Waals surface area contributed by atoms with Crippen LogP contribution in [0.25, 0.3) is 0 Å². The highest BCUT2D eigenvalue weighted by molar-refractivity contribution is 7.09. The second-order valence-electron chi connectivity index (χ2n) is 4.19. The first-order valence-corrected chi connectivity index (χ1v) is 6.97. The first-order valence-electron chi connectivity index (χ1n) is 6.09. The summed E-state index contributed by atoms with van der Waals surface area (Å²) in [6.07, 6.45) is 2.26. The van der Waals surface area contributed by atoms with Gasteiger partial charge < -0.3 is 15.8 Å². The number of nitrogens with two attached hydrogens (primary N) is 1. The van der Waals surface area contributed by atoms with Crippen LogP contribution < -0.4 is 11.1 Å². The van der Waals surface area contributed by atoms with Crippen LogP contribution in [0.4, 0.5) is 11.5 Å². The summed E-state index contributed by atoms with van der Waals surface area (Å²) in [5.41, 5.74) is 7.42. The van der Waals surface area contributed by atoms with Crippen molar-refractivity contribution < 1.29 is 9.53 Å². The summed E-state index contributed by atoms with van der Waals surface area (Å²) in [5, 5.41) is 6.18. The lowest BCUT2D eigenvalue weighted by atomic mass is 10.2. The average Bonchev–Trinajstić information content (AvgIpc) is 2.85. The average molecular weight is 292 g/mol. The summed E-state index contributed by atoms with van der Waals surface area (Å²) in [6.45, 7) is 2.60. The highest BCUT2D eigenvalue weighted by Crippen LogP contribution is 2.17. The molecule has 0 aliphatic carbocycles. The number of aromatic nitrogens is 2. The number of nitrogens with one attached hydrogen (secondary N) is 1. The molecule has 2 aromatic rings. The number of anilines is 2. The van der Waals surface area contributed by atoms with Crippen LogP contribution in [0.3, 0.4) is 0 Å². The number of aryl methyl sites for hydroxylation is 1. The summed E-state index contributed by atoms with van der Waals surface area (Å²) >= 11 is 1.62. The van der Waals surface area contributed by atoms with Crippen LogP contribution >= 0.6 is 11.3 Å². The third-order valence-corrected chi connectivity index (χ3v) is 3.48. The third kappa shape index (κ3) is 3.45. The molecule has 0 atom stereocenters. The summed E-state index contributed by atoms with van der Waals surface area (Å²) in [6, 6.07) is 1.55. The summed E-state index contributed by atoms with van der Waals surface area (Å²) in [5.74, 6) is 0.00908. The number of ether oxygens (including phenoxy) is 1. The zero-order valence-corrected chi connectivity index (χ0v) is 12.2. The minimum absolute atomic E-state index is 0.335. The maximum atomic E-state index is 11.7. The van der Waals surface area contributed by atoms with Crippen molar-refractivity contribution in [1.29, 1.82) is 0 Å². The minimum Gasteiger partial charge on any atom is -0.465 e. The SMILES string of the molecule is COC(=O)c1cc(N)cnc1NCCc1csc(C)n1. The lowest BCUT2D eigenvalue weighted by molar-refractivity contribution is 0.0601. The highest BCUT2D eigenvalue weighted by Gasteiger charge is 2.13. The van der Waals surface area contributed by atoms with Gasteiger partial charge in [-0.05, 0) is 13.0 Å². The number of rotatable bonds is 5. The number of methoxy groups -OCH3 is 1. The van der Waals surface area contributed by atoms with Gasteiger partial charge in [-0.25, -0.2) is 14.8 Å². The van der Waals surface area contributed by atoms with Crippen LogP contribution in [-0.4, -0.2) is 29.6 Å². The van der Waals surface area contributed by atoms with Crippen LogP contribution in [-0.2, 0) is 11.2 Å². The summed E-state index contributed by atoms with van der Waals surface area (Å²) in [7, 11) is 1.33. The quantitative estimate of drug-likeness (QED) is 0.818. The fraction of sp³-hybridized carbons (Fsp3) is 0.308. The van der Waals surface area contributed by atoms with Crippen molar-refractivity contribution in [1.82, 2.24) is 9.97 Å². The number of carbonyl (C=O) groups is 1. The van der Waals surface area contributed by atoms with E-state index in [1.807, 2.05) is 12.3 Å². The van der Waals surface area contributed by atoms with Gasteiger partial charge in [-0.3, -0.25) is 0 Å². The van der Waals surface area contributed by atoms with E-state index in [9.17, 15) is 4.79 Å². The molecular weight excluding hydrogens is 276 g/mol. The molecule has 106 valence electrons. The normalized spacial score (nSPS) is 10.3. The highest BCUT2D eigenvalue weighted by atomic mass is 32.1. The van der Waals surface area contributed by atoms with Gasteiger partial charge in [-0.2, -0.15) is 0 Å². The minimum atomic E-state index is -0.461. The second kappa shape index (κ2) is 6.33. The molecule has 3 N–H and O–H groups in total. The molecule has 6 nitrogen and oxygen atoms in total. The van der Waals surface area contributed by atoms with Crippen LogP contribution in [0, 0.1) is 6.92 Å². The van der Waals surface area contributed by atoms with Gasteiger partial charge in [0.15, 0.2) is 0 Å². The van der Waals surface area contributed by atoms with Gasteiger partial charge >= 0.3 is 5.97 Å². The Labute approximate surface area is 121 Å². The molecule has 2 aromatic heterocycles. The van der Waals surface area contributed by atoms with Gasteiger partial charge in [0.1, 0.15) is 11.4 Å². The van der Waals surface area contributed by atoms with E-state index < -0.39 is 5.97 Å². The molecule has 0 amide bonds. The van der Waals surface area contributed by atoms with Crippen molar-refractivity contribution in [3.63, 3.8) is 0 Å². The monoisotopic (exact) mass is 292 g/mol. The first-order chi connectivity index (χ1) is 9.60. The maximum Gasteiger partial charge on any atom is 0.341 e. The van der Waals surface area contributed by atoms with Crippen LogP contribution in [0.5, 0.6) is 0 Å². The zero-order valence-electron chi connectivity index (χ0n) is 11.3. The van der Waals surface area contributed by atoms with Crippen molar-refractivity contribution in [2.24, 2.45) is 0 Å². The molecule has 0 aromatic carbocycles. The summed E-state index contributed by atoms with van der Waals surface area (Å²) < 4.78 is 4.71. The molecule has 0 fully saturated rings. The lowest BCUT2D eigenvalue weighted by Gasteiger charge is -2.09. The predicted octanol–water partition coefficient (Wildman–Crippen LogP) is 1.87. The molecule has 0 aliphatic rings. The van der Waals surface area contributed by atoms with E-state index >= 15 is 0 Å². The number of esters is 1. The van der Waals surface area contributed by atoms with E-state index in [1.165, 1.54) is 13.3 Å². The van der Waals surface area contributed by atoms with Crippen molar-refractivity contribution in [3.05, 3.63) is 33.9 Å². The molecule has 0 saturated heterocycles. The number of nitrogens with zero attached hydrogens (tertiary/aromatic N) is 2. The lowest BCUT2D eigenvalue weighted by Crippen LogP contribution is -2.13. The smallest absolute Gasteiger partial charge is 0.341 e. The Morgan fingerprint density at radius 3 is 3.00 bits per heavy atom. The number of hydrogen-bond donors (Lipinski definition) is 2. The van der Waals surface area contributed by atoms with Gasteiger partial charge in [0.2, 0.25) is 0 Å². The second-order valence-corrected chi connectivity index (χ2v) is 5.25. The molecule has 0 bridgehead atoms. The number of thiazole rings is 1. The molecule has 7 heteroatoms. The van der Waals surface area contributed by atoms with Gasteiger partial charge in [0.05, 0.1) is 29.7 Å². The van der Waals surface area contributed by atoms with Crippen molar-refractivity contribution in [2.45, 2.75) is 13.3 Å². The molecule has 0 spiro atoms. The Morgan fingerprint density at radius 1 is 1.55 bits per heavy atom. The van der Waals surface area contributed by atoms with Crippen molar-refractivity contribution in [3.8, 4) is 0 Å². The van der Waals surface area contributed by atoms with E-state index in [2.05, 4.69) is 15.3 Å². The molecular formula is C13H16N4O2S. The van der Waals surface area contributed by atoms with E-state index in [0.29, 0.717) is 23.6 Å². The van der Waals surface area contributed by atoms with E-state index in [4.69, 9.17) is 10.5 Å². The predicted molar refractivity (Wildman–Crippen MR) is 79.0 cm³/mol. The fourth-order valence-corrected chi connectivity index (χ4v) is 2.37. The van der Waals surface area contributed by atoms with E-state index in [-0.39, 0.29) is 0 Å². The Kier molecular flexibility index (Phi) is 4.52. The number of pyridine rings is 1. The van der Waals surface area contributed by atoms with Crippen molar-refractivity contribution in [2.75, 3.05) is 24.7 Å². The largest absolute Gasteiger partial charge is 0.465 e. The van der Waals surface area contributed by atoms with Gasteiger partial charge in [0.25, 0.3) is 0 Å². The molecule has 0 saturated carbocycles. The molecule has 0 aliphatic heterocycles. The maximum absolute atomic E-state index is 11.7. The Bertz CT molecular complexity index is 612. The van der Waals surface area contributed by atoms with Crippen LogP contribution in [0.2, 0.25) is 0 Å². The van der Waals surface area contributed by atoms with Crippen molar-refractivity contribution >= 4 is 28.8 Å². The topological polar surface area (TPSA) is 90.1 Å². The fourth-order valence-electron chi connectivity index (χ4n) is 1.72. The first kappa shape index (κ1) is 14.3. The van der Waals surface area contributed by atoms with Gasteiger partial charge in [-0.1, -0.05) is 0 Å². The Morgan fingerprint density at radius 2 is 2.35 bits per heavy atom. The molecule has 2 heterocycles. The van der Waals surface area contributed by atoms with E-state index in [1.54, 1.807) is 17.4 Å². The molecule has 2 rings (SSSR count). The Hall–Kier alpha value is -2.15. The molecule has 20 heavy (non-hydrogen) atoms. The van der Waals surface area contributed by atoms with E-state index in [0.717, 1.165) is 17.1 Å². The van der Waals surface area contributed by atoms with Gasteiger partial charge in [-0.15, -0.1) is 11.3 Å². The molecule has 0 unspecified atom stereocenters. The summed E-state index contributed by atoms with van der Waals surface area (Å²) in [4.78, 5) is 20.2.